The summed E-state index contributed by atoms with van der Waals surface area (Å²) in [5.74, 6) is 0.166. The van der Waals surface area contributed by atoms with Crippen LogP contribution in [-0.4, -0.2) is 25.9 Å². The predicted molar refractivity (Wildman–Crippen MR) is 104 cm³/mol. The molecule has 6 heteroatoms. The van der Waals surface area contributed by atoms with E-state index in [0.29, 0.717) is 0 Å². The third kappa shape index (κ3) is 4.58. The molecule has 0 spiro atoms. The zero-order valence-electron chi connectivity index (χ0n) is 16.2. The van der Waals surface area contributed by atoms with Gasteiger partial charge in [-0.25, -0.2) is 4.68 Å². The summed E-state index contributed by atoms with van der Waals surface area (Å²) in [6.07, 6.45) is 5.31. The van der Waals surface area contributed by atoms with E-state index in [1.54, 1.807) is 17.1 Å². The maximum absolute atomic E-state index is 12.7. The van der Waals surface area contributed by atoms with E-state index in [-0.39, 0.29) is 24.4 Å². The van der Waals surface area contributed by atoms with E-state index in [4.69, 9.17) is 0 Å². The number of aryl methyl sites for hydroxylation is 2. The molecule has 6 nitrogen and oxygen atoms in total. The molecule has 1 amide bonds. The van der Waals surface area contributed by atoms with E-state index >= 15 is 0 Å². The molecule has 1 atom stereocenters. The minimum Gasteiger partial charge on any atom is -0.344 e. The highest BCUT2D eigenvalue weighted by Crippen LogP contribution is 2.25. The number of pyridine rings is 1. The largest absolute Gasteiger partial charge is 0.344 e. The molecule has 0 aliphatic heterocycles. The number of hydrogen-bond donors (Lipinski definition) is 1. The van der Waals surface area contributed by atoms with Gasteiger partial charge in [0.2, 0.25) is 5.91 Å². The Bertz CT molecular complexity index is 917. The van der Waals surface area contributed by atoms with Crippen molar-refractivity contribution in [3.8, 4) is 0 Å². The second-order valence-electron chi connectivity index (χ2n) is 7.14. The van der Waals surface area contributed by atoms with Crippen LogP contribution in [0, 0.1) is 13.8 Å². The van der Waals surface area contributed by atoms with Crippen LogP contribution in [0.4, 0.5) is 0 Å². The Morgan fingerprint density at radius 1 is 1.15 bits per heavy atom. The van der Waals surface area contributed by atoms with Crippen LogP contribution in [0.5, 0.6) is 0 Å². The van der Waals surface area contributed by atoms with Gasteiger partial charge in [0.1, 0.15) is 6.54 Å². The summed E-state index contributed by atoms with van der Waals surface area (Å²) in [4.78, 5) is 16.8. The van der Waals surface area contributed by atoms with Gasteiger partial charge < -0.3 is 5.32 Å². The quantitative estimate of drug-likeness (QED) is 0.729. The summed E-state index contributed by atoms with van der Waals surface area (Å²) < 4.78 is 1.58. The van der Waals surface area contributed by atoms with Gasteiger partial charge in [0.05, 0.1) is 11.7 Å². The highest BCUT2D eigenvalue weighted by Gasteiger charge is 2.19. The minimum atomic E-state index is -0.242. The summed E-state index contributed by atoms with van der Waals surface area (Å²) in [6.45, 7) is 8.34. The molecule has 0 saturated carbocycles. The maximum atomic E-state index is 12.7. The first-order valence-corrected chi connectivity index (χ1v) is 9.10. The van der Waals surface area contributed by atoms with E-state index in [1.807, 2.05) is 18.3 Å². The highest BCUT2D eigenvalue weighted by molar-refractivity contribution is 5.76. The molecule has 1 aromatic carbocycles. The molecule has 2 aromatic heterocycles. The van der Waals surface area contributed by atoms with Gasteiger partial charge >= 0.3 is 0 Å². The molecule has 3 rings (SSSR count). The average Bonchev–Trinajstić information content (AvgIpc) is 3.11. The smallest absolute Gasteiger partial charge is 0.242 e. The first-order valence-electron chi connectivity index (χ1n) is 9.10. The topological polar surface area (TPSA) is 72.7 Å². The number of benzene rings is 1. The monoisotopic (exact) mass is 363 g/mol. The standard InChI is InChI=1S/C21H25N5O/c1-14(2)19-12-26(25-24-19)13-20(27)23-21(17-7-9-22-10-8-17)18-11-15(3)5-6-16(18)4/h5-12,14,21H,13H2,1-4H3,(H,23,27). The Hall–Kier alpha value is -3.02. The summed E-state index contributed by atoms with van der Waals surface area (Å²) in [5.41, 5.74) is 5.24. The number of carbonyl (C=O) groups is 1. The van der Waals surface area contributed by atoms with Gasteiger partial charge in [-0.1, -0.05) is 42.8 Å². The Labute approximate surface area is 159 Å². The fraction of sp³-hybridized carbons (Fsp3) is 0.333. The van der Waals surface area contributed by atoms with Gasteiger partial charge in [0.25, 0.3) is 0 Å². The van der Waals surface area contributed by atoms with Crippen LogP contribution < -0.4 is 5.32 Å². The maximum Gasteiger partial charge on any atom is 0.242 e. The van der Waals surface area contributed by atoms with Gasteiger partial charge in [-0.2, -0.15) is 0 Å². The minimum absolute atomic E-state index is 0.113. The highest BCUT2D eigenvalue weighted by atomic mass is 16.2. The average molecular weight is 363 g/mol. The van der Waals surface area contributed by atoms with E-state index in [9.17, 15) is 4.79 Å². The number of hydrogen-bond acceptors (Lipinski definition) is 4. The number of amides is 1. The van der Waals surface area contributed by atoms with E-state index in [0.717, 1.165) is 27.9 Å². The van der Waals surface area contributed by atoms with Crippen molar-refractivity contribution in [2.75, 3.05) is 0 Å². The van der Waals surface area contributed by atoms with E-state index in [1.165, 1.54) is 0 Å². The number of aromatic nitrogens is 4. The fourth-order valence-electron chi connectivity index (χ4n) is 2.98. The van der Waals surface area contributed by atoms with Crippen molar-refractivity contribution < 1.29 is 4.79 Å². The predicted octanol–water partition coefficient (Wildman–Crippen LogP) is 3.32. The first-order chi connectivity index (χ1) is 12.9. The summed E-state index contributed by atoms with van der Waals surface area (Å²) in [5, 5.41) is 11.3. The molecule has 0 aliphatic rings. The van der Waals surface area contributed by atoms with Crippen LogP contribution in [0.25, 0.3) is 0 Å². The molecule has 1 unspecified atom stereocenters. The number of carbonyl (C=O) groups excluding carboxylic acids is 1. The van der Waals surface area contributed by atoms with Crippen molar-refractivity contribution in [2.45, 2.75) is 46.2 Å². The molecule has 0 bridgehead atoms. The van der Waals surface area contributed by atoms with Gasteiger partial charge in [-0.3, -0.25) is 9.78 Å². The van der Waals surface area contributed by atoms with Gasteiger partial charge in [-0.05, 0) is 48.6 Å². The number of nitrogens with one attached hydrogen (secondary N) is 1. The van der Waals surface area contributed by atoms with Crippen LogP contribution in [0.2, 0.25) is 0 Å². The lowest BCUT2D eigenvalue weighted by Gasteiger charge is -2.22. The van der Waals surface area contributed by atoms with Gasteiger partial charge in [0, 0.05) is 18.6 Å². The van der Waals surface area contributed by atoms with Crippen molar-refractivity contribution in [1.29, 1.82) is 0 Å². The molecular formula is C21H25N5O. The van der Waals surface area contributed by atoms with Gasteiger partial charge in [-0.15, -0.1) is 5.10 Å². The second kappa shape index (κ2) is 8.12. The summed E-state index contributed by atoms with van der Waals surface area (Å²) in [6, 6.07) is 9.89. The molecule has 1 N–H and O–H groups in total. The zero-order valence-corrected chi connectivity index (χ0v) is 16.2. The Morgan fingerprint density at radius 3 is 2.56 bits per heavy atom. The molecule has 0 fully saturated rings. The van der Waals surface area contributed by atoms with Crippen molar-refractivity contribution >= 4 is 5.91 Å². The lowest BCUT2D eigenvalue weighted by molar-refractivity contribution is -0.122. The molecule has 140 valence electrons. The zero-order chi connectivity index (χ0) is 19.4. The van der Waals surface area contributed by atoms with Gasteiger partial charge in [0.15, 0.2) is 0 Å². The van der Waals surface area contributed by atoms with Crippen molar-refractivity contribution in [3.63, 3.8) is 0 Å². The fourth-order valence-corrected chi connectivity index (χ4v) is 2.98. The molecule has 27 heavy (non-hydrogen) atoms. The first kappa shape index (κ1) is 18.8. The van der Waals surface area contributed by atoms with Crippen LogP contribution in [0.3, 0.4) is 0 Å². The lowest BCUT2D eigenvalue weighted by Crippen LogP contribution is -2.32. The molecule has 0 radical (unpaired) electrons. The van der Waals surface area contributed by atoms with Crippen molar-refractivity contribution in [2.24, 2.45) is 0 Å². The number of nitrogens with zero attached hydrogens (tertiary/aromatic N) is 4. The van der Waals surface area contributed by atoms with Crippen molar-refractivity contribution in [3.05, 3.63) is 76.9 Å². The Morgan fingerprint density at radius 2 is 1.89 bits per heavy atom. The van der Waals surface area contributed by atoms with Crippen LogP contribution in [0.15, 0.2) is 48.9 Å². The normalized spacial score (nSPS) is 12.2. The Balaban J connectivity index is 1.85. The number of rotatable bonds is 6. The molecule has 3 aromatic rings. The van der Waals surface area contributed by atoms with Crippen LogP contribution in [0.1, 0.15) is 53.8 Å². The van der Waals surface area contributed by atoms with E-state index < -0.39 is 0 Å². The Kier molecular flexibility index (Phi) is 5.64. The SMILES string of the molecule is Cc1ccc(C)c(C(NC(=O)Cn2cc(C(C)C)nn2)c2ccncc2)c1. The molecule has 0 aliphatic carbocycles. The van der Waals surface area contributed by atoms with Crippen molar-refractivity contribution in [1.82, 2.24) is 25.3 Å². The third-order valence-corrected chi connectivity index (χ3v) is 4.54. The van der Waals surface area contributed by atoms with E-state index in [2.05, 4.69) is 66.5 Å². The summed E-state index contributed by atoms with van der Waals surface area (Å²) >= 11 is 0. The molecule has 0 saturated heterocycles. The lowest BCUT2D eigenvalue weighted by atomic mass is 9.94. The van der Waals surface area contributed by atoms with Crippen LogP contribution in [-0.2, 0) is 11.3 Å². The third-order valence-electron chi connectivity index (χ3n) is 4.54. The van der Waals surface area contributed by atoms with Crippen LogP contribution >= 0.6 is 0 Å². The summed E-state index contributed by atoms with van der Waals surface area (Å²) in [7, 11) is 0. The second-order valence-corrected chi connectivity index (χ2v) is 7.14. The molecule has 2 heterocycles. The molecular weight excluding hydrogens is 338 g/mol.